The van der Waals surface area contributed by atoms with Crippen LogP contribution in [0.15, 0.2) is 18.2 Å². The summed E-state index contributed by atoms with van der Waals surface area (Å²) in [7, 11) is 0. The Kier molecular flexibility index (Phi) is 4.38. The third kappa shape index (κ3) is 3.15. The van der Waals surface area contributed by atoms with E-state index in [0.29, 0.717) is 24.4 Å². The maximum Gasteiger partial charge on any atom is 0.272 e. The molecule has 0 saturated heterocycles. The first-order valence-corrected chi connectivity index (χ1v) is 7.12. The van der Waals surface area contributed by atoms with Crippen molar-refractivity contribution in [3.63, 3.8) is 0 Å². The number of nitrogens with two attached hydrogens (primary N) is 1. The summed E-state index contributed by atoms with van der Waals surface area (Å²) in [5.74, 6) is 0.119. The molecule has 1 aliphatic carbocycles. The Hall–Kier alpha value is -1.49. The third-order valence-electron chi connectivity index (χ3n) is 4.55. The zero-order valence-corrected chi connectivity index (χ0v) is 11.8. The van der Waals surface area contributed by atoms with Gasteiger partial charge < -0.3 is 5.73 Å². The smallest absolute Gasteiger partial charge is 0.272 e. The average molecular weight is 280 g/mol. The van der Waals surface area contributed by atoms with Crippen molar-refractivity contribution < 1.29 is 9.31 Å². The number of benzene rings is 1. The summed E-state index contributed by atoms with van der Waals surface area (Å²) >= 11 is 0. The van der Waals surface area contributed by atoms with Crippen molar-refractivity contribution in [3.8, 4) is 0 Å². The van der Waals surface area contributed by atoms with Crippen molar-refractivity contribution >= 4 is 5.69 Å². The summed E-state index contributed by atoms with van der Waals surface area (Å²) in [6.07, 6.45) is 4.95. The van der Waals surface area contributed by atoms with Crippen LogP contribution in [0.3, 0.4) is 0 Å². The lowest BCUT2D eigenvalue weighted by molar-refractivity contribution is -0.385. The second-order valence-electron chi connectivity index (χ2n) is 5.97. The van der Waals surface area contributed by atoms with Gasteiger partial charge in [-0.2, -0.15) is 0 Å². The van der Waals surface area contributed by atoms with Crippen LogP contribution in [0.2, 0.25) is 0 Å². The predicted molar refractivity (Wildman–Crippen MR) is 75.9 cm³/mol. The van der Waals surface area contributed by atoms with Crippen LogP contribution < -0.4 is 5.73 Å². The molecule has 1 aromatic rings. The van der Waals surface area contributed by atoms with Crippen molar-refractivity contribution in [2.45, 2.75) is 39.0 Å². The van der Waals surface area contributed by atoms with Crippen LogP contribution in [-0.4, -0.2) is 11.5 Å². The summed E-state index contributed by atoms with van der Waals surface area (Å²) in [6.45, 7) is 2.72. The topological polar surface area (TPSA) is 69.2 Å². The largest absolute Gasteiger partial charge is 0.330 e. The lowest BCUT2D eigenvalue weighted by Gasteiger charge is -2.28. The first kappa shape index (κ1) is 14.9. The molecule has 0 spiro atoms. The second-order valence-corrected chi connectivity index (χ2v) is 5.97. The standard InChI is InChI=1S/C15H21FN2O2/c1-2-11-3-4-15(8-11,10-17)9-12-5-13(16)7-14(6-12)18(19)20/h5-7,11H,2-4,8-10,17H2,1H3. The van der Waals surface area contributed by atoms with Gasteiger partial charge in [0.2, 0.25) is 0 Å². The van der Waals surface area contributed by atoms with E-state index in [9.17, 15) is 14.5 Å². The highest BCUT2D eigenvalue weighted by Crippen LogP contribution is 2.44. The van der Waals surface area contributed by atoms with Crippen molar-refractivity contribution in [2.24, 2.45) is 17.1 Å². The van der Waals surface area contributed by atoms with Crippen LogP contribution in [0, 0.1) is 27.3 Å². The maximum atomic E-state index is 13.5. The van der Waals surface area contributed by atoms with Gasteiger partial charge in [-0.25, -0.2) is 4.39 Å². The monoisotopic (exact) mass is 280 g/mol. The van der Waals surface area contributed by atoms with Crippen molar-refractivity contribution in [1.29, 1.82) is 0 Å². The molecule has 1 fully saturated rings. The lowest BCUT2D eigenvalue weighted by atomic mass is 9.79. The highest BCUT2D eigenvalue weighted by atomic mass is 19.1. The van der Waals surface area contributed by atoms with E-state index in [0.717, 1.165) is 31.7 Å². The van der Waals surface area contributed by atoms with Crippen molar-refractivity contribution in [3.05, 3.63) is 39.7 Å². The highest BCUT2D eigenvalue weighted by Gasteiger charge is 2.37. The van der Waals surface area contributed by atoms with Gasteiger partial charge in [-0.1, -0.05) is 13.3 Å². The number of hydrogen-bond acceptors (Lipinski definition) is 3. The zero-order valence-electron chi connectivity index (χ0n) is 11.8. The minimum absolute atomic E-state index is 0.0255. The summed E-state index contributed by atoms with van der Waals surface area (Å²) in [6, 6.07) is 3.82. The number of non-ortho nitro benzene ring substituents is 1. The number of nitrogens with zero attached hydrogens (tertiary/aromatic N) is 1. The van der Waals surface area contributed by atoms with E-state index in [1.165, 1.54) is 12.1 Å². The van der Waals surface area contributed by atoms with Crippen LogP contribution in [0.4, 0.5) is 10.1 Å². The summed E-state index contributed by atoms with van der Waals surface area (Å²) in [5, 5.41) is 10.8. The third-order valence-corrected chi connectivity index (χ3v) is 4.55. The van der Waals surface area contributed by atoms with E-state index < -0.39 is 10.7 Å². The van der Waals surface area contributed by atoms with Gasteiger partial charge in [0.1, 0.15) is 5.82 Å². The first-order valence-electron chi connectivity index (χ1n) is 7.12. The normalized spacial score (nSPS) is 25.9. The van der Waals surface area contributed by atoms with Gasteiger partial charge in [0.15, 0.2) is 0 Å². The van der Waals surface area contributed by atoms with Gasteiger partial charge in [0, 0.05) is 6.07 Å². The quantitative estimate of drug-likeness (QED) is 0.663. The Morgan fingerprint density at radius 1 is 1.50 bits per heavy atom. The Balaban J connectivity index is 2.22. The van der Waals surface area contributed by atoms with E-state index in [1.54, 1.807) is 0 Å². The Labute approximate surface area is 118 Å². The second kappa shape index (κ2) is 5.87. The molecule has 1 saturated carbocycles. The van der Waals surface area contributed by atoms with Crippen molar-refractivity contribution in [1.82, 2.24) is 0 Å². The van der Waals surface area contributed by atoms with E-state index in [1.807, 2.05) is 0 Å². The molecule has 0 aromatic heterocycles. The number of rotatable bonds is 5. The molecule has 0 heterocycles. The van der Waals surface area contributed by atoms with Gasteiger partial charge in [-0.15, -0.1) is 0 Å². The fourth-order valence-corrected chi connectivity index (χ4v) is 3.37. The molecule has 0 bridgehead atoms. The first-order chi connectivity index (χ1) is 9.48. The Morgan fingerprint density at radius 2 is 2.25 bits per heavy atom. The minimum atomic E-state index is -0.550. The maximum absolute atomic E-state index is 13.5. The Bertz CT molecular complexity index is 507. The van der Waals surface area contributed by atoms with Gasteiger partial charge >= 0.3 is 0 Å². The lowest BCUT2D eigenvalue weighted by Crippen LogP contribution is -2.30. The summed E-state index contributed by atoms with van der Waals surface area (Å²) in [5.41, 5.74) is 6.41. The molecule has 1 aliphatic rings. The predicted octanol–water partition coefficient (Wildman–Crippen LogP) is 3.43. The van der Waals surface area contributed by atoms with E-state index >= 15 is 0 Å². The molecule has 2 unspecified atom stereocenters. The van der Waals surface area contributed by atoms with Gasteiger partial charge in [0.05, 0.1) is 11.0 Å². The molecular formula is C15H21FN2O2. The molecule has 2 atom stereocenters. The zero-order chi connectivity index (χ0) is 14.8. The van der Waals surface area contributed by atoms with Crippen LogP contribution in [-0.2, 0) is 6.42 Å². The number of halogens is 1. The van der Waals surface area contributed by atoms with Crippen LogP contribution >= 0.6 is 0 Å². The highest BCUT2D eigenvalue weighted by molar-refractivity contribution is 5.36. The molecule has 0 amide bonds. The molecule has 2 N–H and O–H groups in total. The molecule has 110 valence electrons. The molecule has 0 aliphatic heterocycles. The number of nitro benzene ring substituents is 1. The van der Waals surface area contributed by atoms with E-state index in [-0.39, 0.29) is 11.1 Å². The molecule has 2 rings (SSSR count). The summed E-state index contributed by atoms with van der Waals surface area (Å²) < 4.78 is 13.5. The van der Waals surface area contributed by atoms with Crippen molar-refractivity contribution in [2.75, 3.05) is 6.54 Å². The van der Waals surface area contributed by atoms with Gasteiger partial charge in [-0.05, 0) is 55.2 Å². The molecular weight excluding hydrogens is 259 g/mol. The van der Waals surface area contributed by atoms with Crippen LogP contribution in [0.5, 0.6) is 0 Å². The molecule has 5 heteroatoms. The summed E-state index contributed by atoms with van der Waals surface area (Å²) in [4.78, 5) is 10.3. The molecule has 1 aromatic carbocycles. The van der Waals surface area contributed by atoms with Crippen LogP contribution in [0.25, 0.3) is 0 Å². The molecule has 0 radical (unpaired) electrons. The molecule has 20 heavy (non-hydrogen) atoms. The minimum Gasteiger partial charge on any atom is -0.330 e. The van der Waals surface area contributed by atoms with Gasteiger partial charge in [0.25, 0.3) is 5.69 Å². The van der Waals surface area contributed by atoms with E-state index in [2.05, 4.69) is 6.92 Å². The fourth-order valence-electron chi connectivity index (χ4n) is 3.37. The average Bonchev–Trinajstić information content (AvgIpc) is 2.82. The molecule has 4 nitrogen and oxygen atoms in total. The fraction of sp³-hybridized carbons (Fsp3) is 0.600. The van der Waals surface area contributed by atoms with Gasteiger partial charge in [-0.3, -0.25) is 10.1 Å². The van der Waals surface area contributed by atoms with E-state index in [4.69, 9.17) is 5.73 Å². The van der Waals surface area contributed by atoms with Crippen LogP contribution in [0.1, 0.15) is 38.2 Å². The Morgan fingerprint density at radius 3 is 2.80 bits per heavy atom. The SMILES string of the molecule is CCC1CCC(CN)(Cc2cc(F)cc([N+](=O)[O-])c2)C1. The number of nitro groups is 1. The number of hydrogen-bond donors (Lipinski definition) is 1.